The monoisotopic (exact) mass is 508 g/mol. The van der Waals surface area contributed by atoms with E-state index in [0.717, 1.165) is 48.8 Å². The van der Waals surface area contributed by atoms with E-state index < -0.39 is 5.97 Å². The molecule has 200 valence electrons. The average molecular weight is 509 g/mol. The number of anilines is 1. The summed E-state index contributed by atoms with van der Waals surface area (Å²) in [6.45, 7) is 0.656. The fraction of sp³-hybridized carbons (Fsp3) is 0.483. The van der Waals surface area contributed by atoms with E-state index in [1.54, 1.807) is 6.07 Å². The van der Waals surface area contributed by atoms with E-state index in [1.165, 1.54) is 19.3 Å². The van der Waals surface area contributed by atoms with Crippen molar-refractivity contribution in [3.63, 3.8) is 0 Å². The molecule has 0 spiro atoms. The van der Waals surface area contributed by atoms with E-state index in [4.69, 9.17) is 15.7 Å². The van der Waals surface area contributed by atoms with Crippen LogP contribution in [0.1, 0.15) is 74.5 Å². The first-order valence-corrected chi connectivity index (χ1v) is 13.3. The first kappa shape index (κ1) is 28.2. The van der Waals surface area contributed by atoms with Gasteiger partial charge in [-0.3, -0.25) is 9.59 Å². The predicted octanol–water partition coefficient (Wildman–Crippen LogP) is 4.56. The zero-order chi connectivity index (χ0) is 26.5. The van der Waals surface area contributed by atoms with Gasteiger partial charge in [0, 0.05) is 42.9 Å². The molecule has 37 heavy (non-hydrogen) atoms. The normalized spacial score (nSPS) is 14.4. The van der Waals surface area contributed by atoms with E-state index in [0.29, 0.717) is 37.0 Å². The number of unbranched alkanes of at least 4 members (excludes halogenated alkanes) is 2. The molecule has 1 amide bonds. The van der Waals surface area contributed by atoms with Crippen LogP contribution < -0.4 is 11.1 Å². The summed E-state index contributed by atoms with van der Waals surface area (Å²) in [4.78, 5) is 31.0. The Kier molecular flexibility index (Phi) is 11.4. The summed E-state index contributed by atoms with van der Waals surface area (Å²) >= 11 is 0. The van der Waals surface area contributed by atoms with Crippen LogP contribution in [0.3, 0.4) is 0 Å². The summed E-state index contributed by atoms with van der Waals surface area (Å²) in [6, 6.07) is 15.8. The van der Waals surface area contributed by atoms with Crippen molar-refractivity contribution in [3.8, 4) is 0 Å². The molecular formula is C29H40N4O4. The number of carboxylic acids is 1. The molecule has 8 heteroatoms. The number of amides is 1. The SMILES string of the molecule is CN(C(=O)CCCCCO/N=C(/c1ccccc1)c1ccc(N)c(CNCC(=O)O)c1)C1CCCCC1. The van der Waals surface area contributed by atoms with E-state index >= 15 is 0 Å². The van der Waals surface area contributed by atoms with Gasteiger partial charge < -0.3 is 25.9 Å². The van der Waals surface area contributed by atoms with Crippen LogP contribution in [0.25, 0.3) is 0 Å². The van der Waals surface area contributed by atoms with Gasteiger partial charge in [-0.1, -0.05) is 60.8 Å². The molecule has 4 N–H and O–H groups in total. The second-order valence-corrected chi connectivity index (χ2v) is 9.66. The zero-order valence-electron chi connectivity index (χ0n) is 21.8. The Morgan fingerprint density at radius 1 is 1.05 bits per heavy atom. The van der Waals surface area contributed by atoms with Gasteiger partial charge in [-0.15, -0.1) is 0 Å². The van der Waals surface area contributed by atoms with Crippen LogP contribution in [-0.4, -0.2) is 53.8 Å². The minimum absolute atomic E-state index is 0.144. The number of hydrogen-bond donors (Lipinski definition) is 3. The Bertz CT molecular complexity index is 1040. The van der Waals surface area contributed by atoms with Crippen molar-refractivity contribution < 1.29 is 19.5 Å². The summed E-state index contributed by atoms with van der Waals surface area (Å²) in [5.41, 5.74) is 9.92. The number of nitrogen functional groups attached to an aromatic ring is 1. The van der Waals surface area contributed by atoms with Crippen LogP contribution in [0, 0.1) is 0 Å². The molecule has 1 aliphatic carbocycles. The third-order valence-electron chi connectivity index (χ3n) is 6.85. The Labute approximate surface area is 219 Å². The van der Waals surface area contributed by atoms with Crippen molar-refractivity contribution >= 4 is 23.3 Å². The maximum Gasteiger partial charge on any atom is 0.317 e. The lowest BCUT2D eigenvalue weighted by molar-refractivity contribution is -0.136. The molecule has 0 aromatic heterocycles. The number of nitrogens with one attached hydrogen (secondary N) is 1. The smallest absolute Gasteiger partial charge is 0.317 e. The number of oxime groups is 1. The largest absolute Gasteiger partial charge is 0.480 e. The molecule has 8 nitrogen and oxygen atoms in total. The molecule has 0 radical (unpaired) electrons. The van der Waals surface area contributed by atoms with Gasteiger partial charge in [-0.2, -0.15) is 0 Å². The summed E-state index contributed by atoms with van der Waals surface area (Å²) in [5, 5.41) is 16.2. The maximum absolute atomic E-state index is 12.5. The number of rotatable bonds is 14. The molecule has 2 aromatic rings. The Morgan fingerprint density at radius 3 is 2.54 bits per heavy atom. The lowest BCUT2D eigenvalue weighted by Crippen LogP contribution is -2.38. The lowest BCUT2D eigenvalue weighted by Gasteiger charge is -2.31. The van der Waals surface area contributed by atoms with Crippen molar-refractivity contribution in [2.24, 2.45) is 5.16 Å². The third kappa shape index (κ3) is 9.21. The summed E-state index contributed by atoms with van der Waals surface area (Å²) in [7, 11) is 1.95. The van der Waals surface area contributed by atoms with Crippen LogP contribution in [0.15, 0.2) is 53.7 Å². The van der Waals surface area contributed by atoms with Crippen molar-refractivity contribution in [2.45, 2.75) is 70.4 Å². The van der Waals surface area contributed by atoms with Gasteiger partial charge >= 0.3 is 5.97 Å². The number of nitrogens with zero attached hydrogens (tertiary/aromatic N) is 2. The molecule has 0 saturated heterocycles. The number of carboxylic acid groups (broad SMARTS) is 1. The summed E-state index contributed by atoms with van der Waals surface area (Å²) in [5.74, 6) is -0.676. The number of nitrogens with two attached hydrogens (primary N) is 1. The highest BCUT2D eigenvalue weighted by Gasteiger charge is 2.21. The molecule has 1 saturated carbocycles. The van der Waals surface area contributed by atoms with Gasteiger partial charge in [0.2, 0.25) is 5.91 Å². The summed E-state index contributed by atoms with van der Waals surface area (Å²) < 4.78 is 0. The van der Waals surface area contributed by atoms with Gasteiger partial charge in [-0.25, -0.2) is 0 Å². The molecular weight excluding hydrogens is 468 g/mol. The highest BCUT2D eigenvalue weighted by atomic mass is 16.6. The van der Waals surface area contributed by atoms with Gasteiger partial charge in [0.25, 0.3) is 0 Å². The third-order valence-corrected chi connectivity index (χ3v) is 6.85. The fourth-order valence-corrected chi connectivity index (χ4v) is 4.66. The van der Waals surface area contributed by atoms with E-state index in [1.807, 2.05) is 54.4 Å². The molecule has 0 unspecified atom stereocenters. The Morgan fingerprint density at radius 2 is 1.81 bits per heavy atom. The second kappa shape index (κ2) is 15.0. The van der Waals surface area contributed by atoms with Gasteiger partial charge in [-0.05, 0) is 49.8 Å². The van der Waals surface area contributed by atoms with Gasteiger partial charge in [0.1, 0.15) is 12.3 Å². The predicted molar refractivity (Wildman–Crippen MR) is 146 cm³/mol. The van der Waals surface area contributed by atoms with Crippen molar-refractivity contribution in [3.05, 3.63) is 65.2 Å². The quantitative estimate of drug-likeness (QED) is 0.149. The Hall–Kier alpha value is -3.39. The molecule has 0 bridgehead atoms. The van der Waals surface area contributed by atoms with Crippen LogP contribution in [0.2, 0.25) is 0 Å². The Balaban J connectivity index is 1.52. The minimum atomic E-state index is -0.921. The van der Waals surface area contributed by atoms with E-state index in [9.17, 15) is 9.59 Å². The highest BCUT2D eigenvalue weighted by molar-refractivity contribution is 6.12. The first-order chi connectivity index (χ1) is 18.0. The molecule has 0 aliphatic heterocycles. The van der Waals surface area contributed by atoms with E-state index in [-0.39, 0.29) is 12.5 Å². The maximum atomic E-state index is 12.5. The molecule has 1 fully saturated rings. The van der Waals surface area contributed by atoms with Crippen molar-refractivity contribution in [1.82, 2.24) is 10.2 Å². The molecule has 0 heterocycles. The fourth-order valence-electron chi connectivity index (χ4n) is 4.66. The van der Waals surface area contributed by atoms with Crippen LogP contribution >= 0.6 is 0 Å². The van der Waals surface area contributed by atoms with Crippen LogP contribution in [0.4, 0.5) is 5.69 Å². The minimum Gasteiger partial charge on any atom is -0.480 e. The molecule has 3 rings (SSSR count). The number of hydrogen-bond acceptors (Lipinski definition) is 6. The number of benzene rings is 2. The molecule has 1 aliphatic rings. The van der Waals surface area contributed by atoms with Crippen molar-refractivity contribution in [1.29, 1.82) is 0 Å². The molecule has 2 aromatic carbocycles. The highest BCUT2D eigenvalue weighted by Crippen LogP contribution is 2.22. The number of carbonyl (C=O) groups is 2. The topological polar surface area (TPSA) is 117 Å². The van der Waals surface area contributed by atoms with Gasteiger partial charge in [0.05, 0.1) is 6.54 Å². The second-order valence-electron chi connectivity index (χ2n) is 9.66. The first-order valence-electron chi connectivity index (χ1n) is 13.3. The lowest BCUT2D eigenvalue weighted by atomic mass is 9.94. The van der Waals surface area contributed by atoms with Gasteiger partial charge in [0.15, 0.2) is 0 Å². The summed E-state index contributed by atoms with van der Waals surface area (Å²) in [6.07, 6.45) is 9.15. The van der Waals surface area contributed by atoms with Crippen molar-refractivity contribution in [2.75, 3.05) is 25.9 Å². The number of carbonyl (C=O) groups excluding carboxylic acids is 1. The standard InChI is InChI=1S/C29H40N4O4/c1-33(25-13-7-3-8-14-25)27(34)15-9-4-10-18-37-32-29(22-11-5-2-6-12-22)23-16-17-26(30)24(19-23)20-31-21-28(35)36/h2,5-6,11-12,16-17,19,25,31H,3-4,7-10,13-15,18,20-21,30H2,1H3,(H,35,36)/b32-29-. The zero-order valence-corrected chi connectivity index (χ0v) is 21.8. The van der Waals surface area contributed by atoms with Crippen LogP contribution in [-0.2, 0) is 21.0 Å². The number of aliphatic carboxylic acids is 1. The van der Waals surface area contributed by atoms with E-state index in [2.05, 4.69) is 10.5 Å². The molecule has 0 atom stereocenters. The van der Waals surface area contributed by atoms with Crippen LogP contribution in [0.5, 0.6) is 0 Å². The average Bonchev–Trinajstić information content (AvgIpc) is 2.91.